The summed E-state index contributed by atoms with van der Waals surface area (Å²) in [6.07, 6.45) is 0. The zero-order chi connectivity index (χ0) is 12.1. The molecule has 0 aliphatic heterocycles. The van der Waals surface area contributed by atoms with Crippen LogP contribution in [0.1, 0.15) is 5.56 Å². The fourth-order valence-corrected chi connectivity index (χ4v) is 1.52. The molecule has 0 aliphatic carbocycles. The summed E-state index contributed by atoms with van der Waals surface area (Å²) >= 11 is 5.65. The number of nitrogens with two attached hydrogens (primary N) is 1. The average Bonchev–Trinajstić information content (AvgIpc) is 2.24. The summed E-state index contributed by atoms with van der Waals surface area (Å²) in [6.45, 7) is 0.588. The van der Waals surface area contributed by atoms with Crippen molar-refractivity contribution in [2.24, 2.45) is 10.9 Å². The van der Waals surface area contributed by atoms with E-state index < -0.39 is 5.82 Å². The van der Waals surface area contributed by atoms with E-state index in [4.69, 9.17) is 22.5 Å². The van der Waals surface area contributed by atoms with Crippen LogP contribution in [-0.2, 0) is 6.54 Å². The number of benzene rings is 1. The second-order valence-corrected chi connectivity index (χ2v) is 3.88. The van der Waals surface area contributed by atoms with Gasteiger partial charge in [0.05, 0.1) is 11.6 Å². The van der Waals surface area contributed by atoms with Gasteiger partial charge in [0, 0.05) is 12.1 Å². The van der Waals surface area contributed by atoms with Gasteiger partial charge in [-0.2, -0.15) is 0 Å². The number of amidine groups is 1. The molecule has 0 bridgehead atoms. The first-order valence-electron chi connectivity index (χ1n) is 4.62. The molecule has 4 nitrogen and oxygen atoms in total. The fourth-order valence-electron chi connectivity index (χ4n) is 1.33. The molecule has 0 heterocycles. The van der Waals surface area contributed by atoms with E-state index >= 15 is 0 Å². The third kappa shape index (κ3) is 3.36. The molecule has 0 atom stereocenters. The Bertz CT molecular complexity index is 398. The van der Waals surface area contributed by atoms with Gasteiger partial charge >= 0.3 is 0 Å². The fraction of sp³-hybridized carbons (Fsp3) is 0.300. The molecule has 0 saturated heterocycles. The predicted octanol–water partition coefficient (Wildman–Crippen LogP) is 1.66. The topological polar surface area (TPSA) is 61.8 Å². The number of rotatable bonds is 4. The Morgan fingerprint density at radius 1 is 1.62 bits per heavy atom. The largest absolute Gasteiger partial charge is 0.409 e. The summed E-state index contributed by atoms with van der Waals surface area (Å²) in [5.41, 5.74) is 5.81. The van der Waals surface area contributed by atoms with Crippen LogP contribution >= 0.6 is 11.6 Å². The second-order valence-electron chi connectivity index (χ2n) is 3.48. The van der Waals surface area contributed by atoms with E-state index in [-0.39, 0.29) is 17.4 Å². The minimum atomic E-state index is -0.435. The van der Waals surface area contributed by atoms with Gasteiger partial charge in [-0.3, -0.25) is 4.90 Å². The molecule has 0 spiro atoms. The predicted molar refractivity (Wildman–Crippen MR) is 61.2 cm³/mol. The van der Waals surface area contributed by atoms with Crippen LogP contribution in [0, 0.1) is 5.82 Å². The second kappa shape index (κ2) is 5.67. The summed E-state index contributed by atoms with van der Waals surface area (Å²) in [5.74, 6) is -0.361. The summed E-state index contributed by atoms with van der Waals surface area (Å²) < 4.78 is 13.5. The zero-order valence-corrected chi connectivity index (χ0v) is 9.58. The third-order valence-corrected chi connectivity index (χ3v) is 2.32. The molecule has 0 amide bonds. The van der Waals surface area contributed by atoms with Crippen molar-refractivity contribution in [2.75, 3.05) is 13.6 Å². The standard InChI is InChI=1S/C10H13ClFN3O/c1-15(6-9(13)14-16)5-7-3-2-4-8(11)10(7)12/h2-4,16H,5-6H2,1H3,(H2,13,14). The lowest BCUT2D eigenvalue weighted by Crippen LogP contribution is -2.30. The summed E-state index contributed by atoms with van der Waals surface area (Å²) in [6, 6.07) is 4.81. The Kier molecular flexibility index (Phi) is 4.52. The number of hydrogen-bond donors (Lipinski definition) is 2. The molecule has 0 aromatic heterocycles. The van der Waals surface area contributed by atoms with Gasteiger partial charge < -0.3 is 10.9 Å². The van der Waals surface area contributed by atoms with Gasteiger partial charge in [0.25, 0.3) is 0 Å². The maximum absolute atomic E-state index is 13.5. The van der Waals surface area contributed by atoms with Crippen molar-refractivity contribution in [1.29, 1.82) is 0 Å². The minimum absolute atomic E-state index is 0.0740. The molecule has 6 heteroatoms. The molecule has 16 heavy (non-hydrogen) atoms. The average molecular weight is 246 g/mol. The number of hydrogen-bond acceptors (Lipinski definition) is 3. The Hall–Kier alpha value is -1.33. The molecule has 1 rings (SSSR count). The molecule has 0 radical (unpaired) electrons. The Morgan fingerprint density at radius 3 is 2.94 bits per heavy atom. The van der Waals surface area contributed by atoms with E-state index in [1.807, 2.05) is 0 Å². The first-order valence-corrected chi connectivity index (χ1v) is 5.00. The van der Waals surface area contributed by atoms with E-state index in [2.05, 4.69) is 5.16 Å². The molecule has 88 valence electrons. The van der Waals surface area contributed by atoms with Crippen LogP contribution in [0.5, 0.6) is 0 Å². The van der Waals surface area contributed by atoms with Crippen LogP contribution in [0.15, 0.2) is 23.4 Å². The van der Waals surface area contributed by atoms with Crippen molar-refractivity contribution in [1.82, 2.24) is 4.90 Å². The zero-order valence-electron chi connectivity index (χ0n) is 8.82. The van der Waals surface area contributed by atoms with E-state index in [1.165, 1.54) is 6.07 Å². The number of nitrogens with zero attached hydrogens (tertiary/aromatic N) is 2. The van der Waals surface area contributed by atoms with Gasteiger partial charge in [-0.25, -0.2) is 4.39 Å². The quantitative estimate of drug-likeness (QED) is 0.367. The Labute approximate surface area is 98.1 Å². The van der Waals surface area contributed by atoms with Crippen LogP contribution in [-0.4, -0.2) is 29.5 Å². The summed E-state index contributed by atoms with van der Waals surface area (Å²) in [5, 5.41) is 11.3. The van der Waals surface area contributed by atoms with E-state index in [0.717, 1.165) is 0 Å². The van der Waals surface area contributed by atoms with Gasteiger partial charge in [0.2, 0.25) is 0 Å². The number of halogens is 2. The minimum Gasteiger partial charge on any atom is -0.409 e. The molecular weight excluding hydrogens is 233 g/mol. The van der Waals surface area contributed by atoms with Crippen LogP contribution in [0.3, 0.4) is 0 Å². The lowest BCUT2D eigenvalue weighted by molar-refractivity contribution is 0.307. The molecule has 3 N–H and O–H groups in total. The SMILES string of the molecule is CN(C/C(N)=N/O)Cc1cccc(Cl)c1F. The molecular formula is C10H13ClFN3O. The van der Waals surface area contributed by atoms with Gasteiger partial charge in [0.15, 0.2) is 5.84 Å². The van der Waals surface area contributed by atoms with E-state index in [1.54, 1.807) is 24.1 Å². The molecule has 0 aliphatic rings. The smallest absolute Gasteiger partial charge is 0.153 e. The first kappa shape index (κ1) is 12.7. The van der Waals surface area contributed by atoms with Crippen LogP contribution in [0.2, 0.25) is 5.02 Å². The van der Waals surface area contributed by atoms with Crippen molar-refractivity contribution < 1.29 is 9.60 Å². The van der Waals surface area contributed by atoms with Crippen LogP contribution in [0.25, 0.3) is 0 Å². The lowest BCUT2D eigenvalue weighted by atomic mass is 10.2. The Balaban J connectivity index is 2.70. The van der Waals surface area contributed by atoms with Crippen molar-refractivity contribution in [3.8, 4) is 0 Å². The first-order chi connectivity index (χ1) is 7.54. The monoisotopic (exact) mass is 245 g/mol. The maximum Gasteiger partial charge on any atom is 0.153 e. The normalized spacial score (nSPS) is 12.1. The number of likely N-dealkylation sites (N-methyl/N-ethyl adjacent to an activating group) is 1. The summed E-state index contributed by atoms with van der Waals surface area (Å²) in [7, 11) is 1.73. The molecule has 0 unspecified atom stereocenters. The van der Waals surface area contributed by atoms with E-state index in [0.29, 0.717) is 12.1 Å². The van der Waals surface area contributed by atoms with Crippen LogP contribution in [0.4, 0.5) is 4.39 Å². The summed E-state index contributed by atoms with van der Waals surface area (Å²) in [4.78, 5) is 1.71. The highest BCUT2D eigenvalue weighted by Gasteiger charge is 2.09. The Morgan fingerprint density at radius 2 is 2.31 bits per heavy atom. The maximum atomic E-state index is 13.5. The molecule has 0 saturated carbocycles. The highest BCUT2D eigenvalue weighted by molar-refractivity contribution is 6.30. The van der Waals surface area contributed by atoms with Gasteiger partial charge in [-0.15, -0.1) is 0 Å². The molecule has 1 aromatic carbocycles. The van der Waals surface area contributed by atoms with Gasteiger partial charge in [-0.05, 0) is 13.1 Å². The van der Waals surface area contributed by atoms with Crippen molar-refractivity contribution >= 4 is 17.4 Å². The molecule has 0 fully saturated rings. The third-order valence-electron chi connectivity index (χ3n) is 2.03. The van der Waals surface area contributed by atoms with Gasteiger partial charge in [-0.1, -0.05) is 28.9 Å². The van der Waals surface area contributed by atoms with E-state index in [9.17, 15) is 4.39 Å². The highest BCUT2D eigenvalue weighted by Crippen LogP contribution is 2.18. The van der Waals surface area contributed by atoms with Crippen molar-refractivity contribution in [2.45, 2.75) is 6.54 Å². The highest BCUT2D eigenvalue weighted by atomic mass is 35.5. The lowest BCUT2D eigenvalue weighted by Gasteiger charge is -2.16. The van der Waals surface area contributed by atoms with Crippen LogP contribution < -0.4 is 5.73 Å². The van der Waals surface area contributed by atoms with Crippen molar-refractivity contribution in [3.05, 3.63) is 34.6 Å². The molecule has 1 aromatic rings. The van der Waals surface area contributed by atoms with Gasteiger partial charge in [0.1, 0.15) is 5.82 Å². The van der Waals surface area contributed by atoms with Crippen molar-refractivity contribution in [3.63, 3.8) is 0 Å². The number of oxime groups is 1.